The quantitative estimate of drug-likeness (QED) is 0.761. The normalized spacial score (nSPS) is 20.9. The van der Waals surface area contributed by atoms with E-state index in [1.54, 1.807) is 30.6 Å². The first-order valence-corrected chi connectivity index (χ1v) is 9.75. The van der Waals surface area contributed by atoms with Crippen molar-refractivity contribution >= 4 is 23.6 Å². The van der Waals surface area contributed by atoms with Gasteiger partial charge >= 0.3 is 6.09 Å². The monoisotopic (exact) mass is 411 g/mol. The van der Waals surface area contributed by atoms with Crippen LogP contribution in [0.2, 0.25) is 0 Å². The zero-order valence-corrected chi connectivity index (χ0v) is 16.5. The Kier molecular flexibility index (Phi) is 5.60. The van der Waals surface area contributed by atoms with Crippen molar-refractivity contribution in [1.29, 1.82) is 0 Å². The minimum atomic E-state index is -0.561. The van der Waals surface area contributed by atoms with Gasteiger partial charge in [-0.2, -0.15) is 0 Å². The van der Waals surface area contributed by atoms with Crippen LogP contribution in [-0.2, 0) is 9.53 Å². The molecular weight excluding hydrogens is 389 g/mol. The van der Waals surface area contributed by atoms with E-state index in [0.717, 1.165) is 6.42 Å². The third-order valence-electron chi connectivity index (χ3n) is 5.07. The van der Waals surface area contributed by atoms with E-state index in [9.17, 15) is 9.59 Å². The van der Waals surface area contributed by atoms with E-state index in [1.165, 1.54) is 17.9 Å². The number of hydrogen-bond acceptors (Lipinski definition) is 6. The smallest absolute Gasteiger partial charge is 0.414 e. The number of hydrogen-bond donors (Lipinski definition) is 1. The first-order chi connectivity index (χ1) is 14.5. The Labute approximate surface area is 173 Å². The van der Waals surface area contributed by atoms with Gasteiger partial charge in [-0.3, -0.25) is 9.69 Å². The highest BCUT2D eigenvalue weighted by Gasteiger charge is 2.33. The van der Waals surface area contributed by atoms with Crippen LogP contribution in [0.15, 0.2) is 48.8 Å². The topological polar surface area (TPSA) is 87.7 Å². The summed E-state index contributed by atoms with van der Waals surface area (Å²) < 4.78 is 20.4. The van der Waals surface area contributed by atoms with Crippen molar-refractivity contribution in [3.63, 3.8) is 0 Å². The number of rotatable bonds is 5. The van der Waals surface area contributed by atoms with Crippen LogP contribution in [-0.4, -0.2) is 47.7 Å². The second-order valence-corrected chi connectivity index (χ2v) is 7.16. The molecule has 156 valence electrons. The second-order valence-electron chi connectivity index (χ2n) is 7.16. The summed E-state index contributed by atoms with van der Waals surface area (Å²) >= 11 is 0. The van der Waals surface area contributed by atoms with Crippen molar-refractivity contribution in [2.24, 2.45) is 0 Å². The van der Waals surface area contributed by atoms with E-state index in [2.05, 4.69) is 15.3 Å². The molecule has 2 amide bonds. The van der Waals surface area contributed by atoms with Crippen LogP contribution >= 0.6 is 0 Å². The third-order valence-corrected chi connectivity index (χ3v) is 5.07. The number of benzene rings is 1. The van der Waals surface area contributed by atoms with E-state index in [4.69, 9.17) is 4.74 Å². The molecule has 30 heavy (non-hydrogen) atoms. The predicted molar refractivity (Wildman–Crippen MR) is 109 cm³/mol. The molecule has 0 bridgehead atoms. The zero-order chi connectivity index (χ0) is 21.1. The molecule has 1 saturated heterocycles. The fourth-order valence-corrected chi connectivity index (χ4v) is 3.64. The molecule has 1 fully saturated rings. The molecule has 2 atom stereocenters. The number of cyclic esters (lactones) is 1. The van der Waals surface area contributed by atoms with E-state index in [0.29, 0.717) is 23.7 Å². The van der Waals surface area contributed by atoms with Crippen molar-refractivity contribution < 1.29 is 18.7 Å². The number of nitrogens with zero attached hydrogens (tertiary/aromatic N) is 4. The zero-order valence-electron chi connectivity index (χ0n) is 16.5. The van der Waals surface area contributed by atoms with Crippen molar-refractivity contribution in [1.82, 2.24) is 15.3 Å². The van der Waals surface area contributed by atoms with Crippen LogP contribution in [0, 0.1) is 5.82 Å². The Morgan fingerprint density at radius 2 is 2.13 bits per heavy atom. The number of halogens is 1. The van der Waals surface area contributed by atoms with Crippen LogP contribution in [0.5, 0.6) is 0 Å². The summed E-state index contributed by atoms with van der Waals surface area (Å²) in [5.74, 6) is -0.0882. The van der Waals surface area contributed by atoms with Gasteiger partial charge in [-0.25, -0.2) is 19.2 Å². The van der Waals surface area contributed by atoms with Gasteiger partial charge in [0.1, 0.15) is 11.9 Å². The minimum Gasteiger partial charge on any atom is -0.442 e. The first kappa shape index (κ1) is 19.8. The summed E-state index contributed by atoms with van der Waals surface area (Å²) in [4.78, 5) is 35.2. The fourth-order valence-electron chi connectivity index (χ4n) is 3.64. The second kappa shape index (κ2) is 8.48. The van der Waals surface area contributed by atoms with Crippen LogP contribution in [0.4, 0.5) is 20.8 Å². The molecule has 2 aliphatic rings. The SMILES string of the molecule is CC(=O)NC[C@H]1CN(c2ccc(C3C=CCCN3c3ncccn3)c(F)c2)C(=O)O1. The minimum absolute atomic E-state index is 0.201. The van der Waals surface area contributed by atoms with Crippen LogP contribution in [0.1, 0.15) is 24.9 Å². The van der Waals surface area contributed by atoms with Crippen LogP contribution < -0.4 is 15.1 Å². The average Bonchev–Trinajstić information content (AvgIpc) is 3.13. The number of nitrogens with one attached hydrogen (secondary N) is 1. The molecule has 0 spiro atoms. The van der Waals surface area contributed by atoms with Gasteiger partial charge in [0.15, 0.2) is 0 Å². The lowest BCUT2D eigenvalue weighted by Gasteiger charge is -2.33. The summed E-state index contributed by atoms with van der Waals surface area (Å²) in [6.07, 6.45) is 7.06. The number of aromatic nitrogens is 2. The fraction of sp³-hybridized carbons (Fsp3) is 0.333. The van der Waals surface area contributed by atoms with Gasteiger partial charge in [0.25, 0.3) is 0 Å². The lowest BCUT2D eigenvalue weighted by Crippen LogP contribution is -2.33. The maximum Gasteiger partial charge on any atom is 0.414 e. The molecular formula is C21H22FN5O3. The lowest BCUT2D eigenvalue weighted by atomic mass is 10.00. The predicted octanol–water partition coefficient (Wildman–Crippen LogP) is 2.58. The summed E-state index contributed by atoms with van der Waals surface area (Å²) in [7, 11) is 0. The molecule has 1 aromatic heterocycles. The van der Waals surface area contributed by atoms with Crippen LogP contribution in [0.25, 0.3) is 0 Å². The number of carbonyl (C=O) groups excluding carboxylic acids is 2. The summed E-state index contributed by atoms with van der Waals surface area (Å²) in [5, 5.41) is 2.62. The number of anilines is 2. The summed E-state index contributed by atoms with van der Waals surface area (Å²) in [6, 6.07) is 6.11. The Morgan fingerprint density at radius 3 is 2.87 bits per heavy atom. The van der Waals surface area contributed by atoms with Crippen molar-refractivity contribution in [2.45, 2.75) is 25.5 Å². The molecule has 2 aromatic rings. The molecule has 4 rings (SSSR count). The van der Waals surface area contributed by atoms with Crippen molar-refractivity contribution in [2.75, 3.05) is 29.4 Å². The lowest BCUT2D eigenvalue weighted by molar-refractivity contribution is -0.119. The maximum atomic E-state index is 15.1. The Morgan fingerprint density at radius 1 is 1.33 bits per heavy atom. The summed E-state index contributed by atoms with van der Waals surface area (Å²) in [5.41, 5.74) is 0.887. The first-order valence-electron chi connectivity index (χ1n) is 9.75. The Hall–Kier alpha value is -3.49. The molecule has 2 aliphatic heterocycles. The van der Waals surface area contributed by atoms with Gasteiger partial charge in [-0.05, 0) is 24.6 Å². The molecule has 0 radical (unpaired) electrons. The third kappa shape index (κ3) is 4.10. The van der Waals surface area contributed by atoms with Crippen molar-refractivity contribution in [3.05, 3.63) is 60.2 Å². The number of ether oxygens (including phenoxy) is 1. The highest BCUT2D eigenvalue weighted by Crippen LogP contribution is 2.33. The molecule has 1 unspecified atom stereocenters. The number of amides is 2. The molecule has 1 aromatic carbocycles. The van der Waals surface area contributed by atoms with Crippen LogP contribution in [0.3, 0.4) is 0 Å². The van der Waals surface area contributed by atoms with Gasteiger partial charge in [-0.1, -0.05) is 18.2 Å². The van der Waals surface area contributed by atoms with Gasteiger partial charge in [0.2, 0.25) is 11.9 Å². The van der Waals surface area contributed by atoms with Gasteiger partial charge in [-0.15, -0.1) is 0 Å². The van der Waals surface area contributed by atoms with Gasteiger partial charge in [0, 0.05) is 31.4 Å². The molecule has 8 nitrogen and oxygen atoms in total. The maximum absolute atomic E-state index is 15.1. The Balaban J connectivity index is 1.54. The van der Waals surface area contributed by atoms with E-state index >= 15 is 4.39 Å². The standard InChI is InChI=1S/C21H22FN5O3/c1-14(28)25-12-16-13-27(21(29)30-16)15-6-7-17(18(22)11-15)19-5-2-3-10-26(19)20-23-8-4-9-24-20/h2,4-9,11,16,19H,3,10,12-13H2,1H3,(H,25,28)/t16-,19?/m0/s1. The largest absolute Gasteiger partial charge is 0.442 e. The van der Waals surface area contributed by atoms with Gasteiger partial charge < -0.3 is 15.0 Å². The van der Waals surface area contributed by atoms with E-state index < -0.39 is 18.0 Å². The van der Waals surface area contributed by atoms with E-state index in [-0.39, 0.29) is 25.0 Å². The molecule has 0 saturated carbocycles. The van der Waals surface area contributed by atoms with Gasteiger partial charge in [0.05, 0.1) is 24.8 Å². The number of carbonyl (C=O) groups is 2. The molecule has 9 heteroatoms. The average molecular weight is 411 g/mol. The highest BCUT2D eigenvalue weighted by atomic mass is 19.1. The highest BCUT2D eigenvalue weighted by molar-refractivity contribution is 5.89. The Bertz CT molecular complexity index is 968. The van der Waals surface area contributed by atoms with Crippen molar-refractivity contribution in [3.8, 4) is 0 Å². The molecule has 1 N–H and O–H groups in total. The summed E-state index contributed by atoms with van der Waals surface area (Å²) in [6.45, 7) is 2.53. The molecule has 3 heterocycles. The molecule has 0 aliphatic carbocycles. The van der Waals surface area contributed by atoms with E-state index in [1.807, 2.05) is 17.1 Å².